The molecule has 1 unspecified atom stereocenters. The normalized spacial score (nSPS) is 22.8. The molecular weight excluding hydrogens is 586 g/mol. The number of hydrogen-bond donors (Lipinski definition) is 2. The molecule has 238 valence electrons. The second-order valence-corrected chi connectivity index (χ2v) is 12.1. The number of aliphatic hydroxyl groups excluding tert-OH is 1. The predicted octanol–water partition coefficient (Wildman–Crippen LogP) is 3.58. The first kappa shape index (κ1) is 31.2. The van der Waals surface area contributed by atoms with Gasteiger partial charge in [0, 0.05) is 37.1 Å². The van der Waals surface area contributed by atoms with Crippen LogP contribution < -0.4 is 9.80 Å². The fourth-order valence-corrected chi connectivity index (χ4v) is 6.66. The number of aliphatic hydroxyl groups is 2. The molecule has 0 aliphatic carbocycles. The number of hydrogen-bond acceptors (Lipinski definition) is 7. The van der Waals surface area contributed by atoms with Gasteiger partial charge in [-0.3, -0.25) is 24.1 Å². The second-order valence-electron chi connectivity index (χ2n) is 12.1. The Balaban J connectivity index is 1.27. The lowest BCUT2D eigenvalue weighted by Crippen LogP contribution is -2.55. The SMILES string of the molecule is CC(=O)OC1CC(=O)N1c1ccc2c(c1)[C@@](O)([C@H](C)/C=C/CC(=O)N1Cc3ccccc3C[C@H]1CO)C(=O)N2Cc1ccccc1. The van der Waals surface area contributed by atoms with Crippen LogP contribution >= 0.6 is 0 Å². The van der Waals surface area contributed by atoms with E-state index in [-0.39, 0.29) is 43.8 Å². The van der Waals surface area contributed by atoms with E-state index in [1.807, 2.05) is 54.6 Å². The number of carbonyl (C=O) groups is 4. The molecular formula is C36H37N3O7. The van der Waals surface area contributed by atoms with Crippen LogP contribution in [0.4, 0.5) is 11.4 Å². The monoisotopic (exact) mass is 623 g/mol. The number of amides is 3. The Kier molecular flexibility index (Phi) is 8.50. The number of benzene rings is 3. The van der Waals surface area contributed by atoms with Crippen molar-refractivity contribution in [3.8, 4) is 0 Å². The van der Waals surface area contributed by atoms with Crippen LogP contribution in [0.2, 0.25) is 0 Å². The Hall–Kier alpha value is -4.80. The number of β-lactam (4-membered cyclic amide) rings is 1. The molecule has 0 radical (unpaired) electrons. The molecule has 0 saturated carbocycles. The van der Waals surface area contributed by atoms with Gasteiger partial charge in [-0.2, -0.15) is 0 Å². The highest BCUT2D eigenvalue weighted by Gasteiger charge is 2.53. The standard InChI is InChI=1S/C36H37N3O7/c1-23(9-8-14-32(42)37-21-27-13-7-6-12-26(27)17-29(37)22-40)36(45)30-18-28(39-33(43)19-34(39)46-24(2)41)15-16-31(30)38(35(36)44)20-25-10-4-3-5-11-25/h3-13,15-16,18,23,29,34,40,45H,14,17,19-22H2,1-2H3/b9-8+/t23-,29+,34?,36+/m1/s1. The zero-order valence-corrected chi connectivity index (χ0v) is 25.8. The summed E-state index contributed by atoms with van der Waals surface area (Å²) in [6.45, 7) is 3.46. The summed E-state index contributed by atoms with van der Waals surface area (Å²) in [7, 11) is 0. The van der Waals surface area contributed by atoms with Gasteiger partial charge in [-0.05, 0) is 41.3 Å². The number of carbonyl (C=O) groups excluding carboxylic acids is 4. The van der Waals surface area contributed by atoms with Crippen molar-refractivity contribution in [3.05, 3.63) is 107 Å². The van der Waals surface area contributed by atoms with Crippen molar-refractivity contribution in [3.63, 3.8) is 0 Å². The highest BCUT2D eigenvalue weighted by Crippen LogP contribution is 2.48. The number of ether oxygens (including phenoxy) is 1. The third kappa shape index (κ3) is 5.59. The third-order valence-corrected chi connectivity index (χ3v) is 9.19. The van der Waals surface area contributed by atoms with Crippen LogP contribution in [0.15, 0.2) is 84.9 Å². The van der Waals surface area contributed by atoms with E-state index in [0.717, 1.165) is 16.7 Å². The van der Waals surface area contributed by atoms with Gasteiger partial charge in [0.05, 0.1) is 31.3 Å². The maximum atomic E-state index is 14.1. The summed E-state index contributed by atoms with van der Waals surface area (Å²) in [5.74, 6) is -2.20. The van der Waals surface area contributed by atoms with Gasteiger partial charge in [0.25, 0.3) is 5.91 Å². The highest BCUT2D eigenvalue weighted by molar-refractivity contribution is 6.08. The lowest BCUT2D eigenvalue weighted by atomic mass is 9.82. The number of anilines is 2. The van der Waals surface area contributed by atoms with Crippen molar-refractivity contribution in [2.45, 2.75) is 64.1 Å². The molecule has 0 bridgehead atoms. The van der Waals surface area contributed by atoms with Crippen LogP contribution in [-0.4, -0.2) is 57.7 Å². The van der Waals surface area contributed by atoms with E-state index in [0.29, 0.717) is 29.9 Å². The van der Waals surface area contributed by atoms with E-state index in [1.165, 1.54) is 16.7 Å². The third-order valence-electron chi connectivity index (χ3n) is 9.19. The fourth-order valence-electron chi connectivity index (χ4n) is 6.66. The Bertz CT molecular complexity index is 1710. The maximum absolute atomic E-state index is 14.1. The predicted molar refractivity (Wildman–Crippen MR) is 170 cm³/mol. The van der Waals surface area contributed by atoms with E-state index < -0.39 is 29.6 Å². The molecule has 3 aromatic rings. The lowest BCUT2D eigenvalue weighted by Gasteiger charge is -2.39. The van der Waals surface area contributed by atoms with E-state index in [2.05, 4.69) is 0 Å². The van der Waals surface area contributed by atoms with E-state index >= 15 is 0 Å². The molecule has 1 fully saturated rings. The number of esters is 1. The number of fused-ring (bicyclic) bond motifs is 2. The number of nitrogens with zero attached hydrogens (tertiary/aromatic N) is 3. The Morgan fingerprint density at radius 1 is 1.02 bits per heavy atom. The molecule has 3 aliphatic rings. The Morgan fingerprint density at radius 2 is 1.74 bits per heavy atom. The summed E-state index contributed by atoms with van der Waals surface area (Å²) < 4.78 is 5.29. The summed E-state index contributed by atoms with van der Waals surface area (Å²) in [4.78, 5) is 56.2. The van der Waals surface area contributed by atoms with Crippen LogP contribution in [-0.2, 0) is 49.0 Å². The van der Waals surface area contributed by atoms with Crippen LogP contribution in [0.1, 0.15) is 48.9 Å². The quantitative estimate of drug-likeness (QED) is 0.212. The maximum Gasteiger partial charge on any atom is 0.304 e. The molecule has 0 aromatic heterocycles. The minimum Gasteiger partial charge on any atom is -0.441 e. The van der Waals surface area contributed by atoms with Gasteiger partial charge in [-0.1, -0.05) is 73.7 Å². The summed E-state index contributed by atoms with van der Waals surface area (Å²) in [5.41, 5.74) is 2.27. The minimum atomic E-state index is -2.00. The molecule has 46 heavy (non-hydrogen) atoms. The molecule has 10 heteroatoms. The molecule has 3 aromatic carbocycles. The van der Waals surface area contributed by atoms with Gasteiger partial charge >= 0.3 is 5.97 Å². The van der Waals surface area contributed by atoms with Gasteiger partial charge in [-0.25, -0.2) is 0 Å². The molecule has 3 amide bonds. The fraction of sp³-hybridized carbons (Fsp3) is 0.333. The van der Waals surface area contributed by atoms with Gasteiger partial charge in [0.1, 0.15) is 0 Å². The summed E-state index contributed by atoms with van der Waals surface area (Å²) >= 11 is 0. The first-order valence-corrected chi connectivity index (χ1v) is 15.5. The Morgan fingerprint density at radius 3 is 2.43 bits per heavy atom. The first-order valence-electron chi connectivity index (χ1n) is 15.5. The van der Waals surface area contributed by atoms with E-state index in [4.69, 9.17) is 4.74 Å². The summed E-state index contributed by atoms with van der Waals surface area (Å²) in [6.07, 6.45) is 3.21. The van der Waals surface area contributed by atoms with Crippen molar-refractivity contribution in [1.82, 2.24) is 4.90 Å². The zero-order chi connectivity index (χ0) is 32.6. The summed E-state index contributed by atoms with van der Waals surface area (Å²) in [5, 5.41) is 22.2. The van der Waals surface area contributed by atoms with Gasteiger partial charge < -0.3 is 24.7 Å². The van der Waals surface area contributed by atoms with Crippen LogP contribution in [0, 0.1) is 5.92 Å². The Labute approximate surface area is 267 Å². The minimum absolute atomic E-state index is 0.0280. The largest absolute Gasteiger partial charge is 0.441 e. The van der Waals surface area contributed by atoms with Gasteiger partial charge in [-0.15, -0.1) is 0 Å². The van der Waals surface area contributed by atoms with E-state index in [9.17, 15) is 29.4 Å². The van der Waals surface area contributed by atoms with Crippen LogP contribution in [0.25, 0.3) is 0 Å². The number of rotatable bonds is 9. The first-order chi connectivity index (χ1) is 22.1. The van der Waals surface area contributed by atoms with Crippen LogP contribution in [0.3, 0.4) is 0 Å². The lowest BCUT2D eigenvalue weighted by molar-refractivity contribution is -0.154. The second kappa shape index (κ2) is 12.5. The van der Waals surface area contributed by atoms with Gasteiger partial charge in [0.2, 0.25) is 11.8 Å². The molecule has 4 atom stereocenters. The van der Waals surface area contributed by atoms with Crippen molar-refractivity contribution < 1.29 is 34.1 Å². The highest BCUT2D eigenvalue weighted by atomic mass is 16.6. The molecule has 1 saturated heterocycles. The van der Waals surface area contributed by atoms with Crippen molar-refractivity contribution >= 4 is 35.1 Å². The van der Waals surface area contributed by atoms with E-state index in [1.54, 1.807) is 42.2 Å². The zero-order valence-electron chi connectivity index (χ0n) is 25.8. The molecule has 6 rings (SSSR count). The van der Waals surface area contributed by atoms with Crippen molar-refractivity contribution in [2.24, 2.45) is 5.92 Å². The molecule has 10 nitrogen and oxygen atoms in total. The van der Waals surface area contributed by atoms with Crippen LogP contribution in [0.5, 0.6) is 0 Å². The molecule has 2 N–H and O–H groups in total. The van der Waals surface area contributed by atoms with Crippen molar-refractivity contribution in [2.75, 3.05) is 16.4 Å². The van der Waals surface area contributed by atoms with Crippen molar-refractivity contribution in [1.29, 1.82) is 0 Å². The molecule has 3 aliphatic heterocycles. The smallest absolute Gasteiger partial charge is 0.304 e. The average Bonchev–Trinajstić information content (AvgIpc) is 3.26. The topological polar surface area (TPSA) is 128 Å². The molecule has 0 spiro atoms. The average molecular weight is 624 g/mol. The summed E-state index contributed by atoms with van der Waals surface area (Å²) in [6, 6.07) is 22.0. The molecule has 3 heterocycles. The van der Waals surface area contributed by atoms with Gasteiger partial charge in [0.15, 0.2) is 11.8 Å².